The van der Waals surface area contributed by atoms with Crippen molar-refractivity contribution in [2.45, 2.75) is 33.4 Å². The number of hydrogen-bond acceptors (Lipinski definition) is 3. The zero-order chi connectivity index (χ0) is 15.9. The second kappa shape index (κ2) is 5.48. The van der Waals surface area contributed by atoms with Gasteiger partial charge in [-0.05, 0) is 32.4 Å². The minimum Gasteiger partial charge on any atom is -0.361 e. The molecular formula is C17H22N4O. The van der Waals surface area contributed by atoms with Crippen molar-refractivity contribution in [3.05, 3.63) is 46.8 Å². The molecule has 1 N–H and O–H groups in total. The maximum atomic E-state index is 12.9. The lowest BCUT2D eigenvalue weighted by atomic mass is 10.0. The Kier molecular flexibility index (Phi) is 3.64. The van der Waals surface area contributed by atoms with Crippen LogP contribution in [0.2, 0.25) is 0 Å². The smallest absolute Gasteiger partial charge is 0.257 e. The van der Waals surface area contributed by atoms with Gasteiger partial charge in [0.25, 0.3) is 5.91 Å². The first kappa shape index (κ1) is 14.6. The Morgan fingerprint density at radius 2 is 2.00 bits per heavy atom. The van der Waals surface area contributed by atoms with Crippen molar-refractivity contribution in [1.29, 1.82) is 0 Å². The molecule has 5 heteroatoms. The first-order chi connectivity index (χ1) is 10.5. The third-order valence-electron chi connectivity index (χ3n) is 4.33. The van der Waals surface area contributed by atoms with E-state index in [0.29, 0.717) is 0 Å². The first-order valence-electron chi connectivity index (χ1n) is 7.71. The zero-order valence-electron chi connectivity index (χ0n) is 13.6. The molecule has 5 nitrogen and oxygen atoms in total. The van der Waals surface area contributed by atoms with Crippen molar-refractivity contribution in [3.8, 4) is 0 Å². The molecule has 116 valence electrons. The maximum Gasteiger partial charge on any atom is 0.257 e. The fourth-order valence-electron chi connectivity index (χ4n) is 3.18. The van der Waals surface area contributed by atoms with Crippen molar-refractivity contribution in [3.63, 3.8) is 0 Å². The zero-order valence-corrected chi connectivity index (χ0v) is 13.6. The number of rotatable bonds is 3. The molecule has 2 heterocycles. The highest BCUT2D eigenvalue weighted by Crippen LogP contribution is 2.35. The molecule has 0 spiro atoms. The molecule has 0 saturated heterocycles. The second-order valence-corrected chi connectivity index (χ2v) is 5.80. The summed E-state index contributed by atoms with van der Waals surface area (Å²) in [6, 6.07) is 7.70. The molecule has 1 amide bonds. The van der Waals surface area contributed by atoms with Crippen LogP contribution in [0.5, 0.6) is 0 Å². The van der Waals surface area contributed by atoms with E-state index in [4.69, 9.17) is 0 Å². The lowest BCUT2D eigenvalue weighted by Gasteiger charge is -2.38. The predicted octanol–water partition coefficient (Wildman–Crippen LogP) is 3.01. The van der Waals surface area contributed by atoms with Crippen LogP contribution in [0.15, 0.2) is 24.3 Å². The molecule has 0 radical (unpaired) electrons. The molecule has 0 saturated carbocycles. The highest BCUT2D eigenvalue weighted by molar-refractivity contribution is 6.01. The van der Waals surface area contributed by atoms with Gasteiger partial charge in [0.2, 0.25) is 0 Å². The third-order valence-corrected chi connectivity index (χ3v) is 4.33. The number of nitrogens with zero attached hydrogens (tertiary/aromatic N) is 3. The standard InChI is InChI=1S/C17H22N4O/c1-5-10-21-16(15-11(2)19-20(4)12(15)3)18-14-9-7-6-8-13(14)17(21)22/h6-9,16,18H,5,10H2,1-4H3/t16-/m0/s1. The number of fused-ring (bicyclic) bond motifs is 1. The molecule has 1 atom stereocenters. The number of benzene rings is 1. The van der Waals surface area contributed by atoms with Gasteiger partial charge in [0.1, 0.15) is 6.17 Å². The summed E-state index contributed by atoms with van der Waals surface area (Å²) in [6.07, 6.45) is 0.765. The van der Waals surface area contributed by atoms with Crippen molar-refractivity contribution in [1.82, 2.24) is 14.7 Å². The van der Waals surface area contributed by atoms with E-state index in [0.717, 1.165) is 41.2 Å². The highest BCUT2D eigenvalue weighted by Gasteiger charge is 2.34. The number of para-hydroxylation sites is 1. The second-order valence-electron chi connectivity index (χ2n) is 5.80. The van der Waals surface area contributed by atoms with Gasteiger partial charge in [0, 0.05) is 30.5 Å². The van der Waals surface area contributed by atoms with Crippen LogP contribution in [0.1, 0.15) is 46.8 Å². The number of nitrogens with one attached hydrogen (secondary N) is 1. The third kappa shape index (κ3) is 2.17. The van der Waals surface area contributed by atoms with Crippen molar-refractivity contribution in [2.24, 2.45) is 7.05 Å². The molecule has 0 bridgehead atoms. The van der Waals surface area contributed by atoms with Gasteiger partial charge in [-0.2, -0.15) is 5.10 Å². The van der Waals surface area contributed by atoms with Gasteiger partial charge in [-0.1, -0.05) is 19.1 Å². The molecule has 2 aromatic rings. The monoisotopic (exact) mass is 298 g/mol. The van der Waals surface area contributed by atoms with Crippen LogP contribution in [-0.2, 0) is 7.05 Å². The van der Waals surface area contributed by atoms with E-state index < -0.39 is 0 Å². The number of amides is 1. The number of aromatic nitrogens is 2. The van der Waals surface area contributed by atoms with Crippen LogP contribution < -0.4 is 5.32 Å². The Labute approximate surface area is 130 Å². The van der Waals surface area contributed by atoms with E-state index in [1.165, 1.54) is 0 Å². The molecule has 3 rings (SSSR count). The summed E-state index contributed by atoms with van der Waals surface area (Å²) in [4.78, 5) is 14.8. The SMILES string of the molecule is CCCN1C(=O)c2ccccc2N[C@@H]1c1c(C)nn(C)c1C. The Bertz CT molecular complexity index is 719. The quantitative estimate of drug-likeness (QED) is 0.947. The summed E-state index contributed by atoms with van der Waals surface area (Å²) in [7, 11) is 1.94. The largest absolute Gasteiger partial charge is 0.361 e. The fourth-order valence-corrected chi connectivity index (χ4v) is 3.18. The maximum absolute atomic E-state index is 12.9. The summed E-state index contributed by atoms with van der Waals surface area (Å²) in [5, 5.41) is 8.03. The molecule has 1 aromatic carbocycles. The van der Waals surface area contributed by atoms with Crippen LogP contribution in [0.25, 0.3) is 0 Å². The lowest BCUT2D eigenvalue weighted by Crippen LogP contribution is -2.43. The van der Waals surface area contributed by atoms with E-state index in [-0.39, 0.29) is 12.1 Å². The average molecular weight is 298 g/mol. The number of carbonyl (C=O) groups excluding carboxylic acids is 1. The number of aryl methyl sites for hydroxylation is 2. The number of hydrogen-bond donors (Lipinski definition) is 1. The van der Waals surface area contributed by atoms with Crippen LogP contribution in [0, 0.1) is 13.8 Å². The average Bonchev–Trinajstić information content (AvgIpc) is 2.75. The van der Waals surface area contributed by atoms with Gasteiger partial charge in [-0.3, -0.25) is 9.48 Å². The molecule has 1 aromatic heterocycles. The van der Waals surface area contributed by atoms with E-state index in [2.05, 4.69) is 17.3 Å². The molecule has 22 heavy (non-hydrogen) atoms. The van der Waals surface area contributed by atoms with E-state index in [1.54, 1.807) is 0 Å². The minimum absolute atomic E-state index is 0.0869. The van der Waals surface area contributed by atoms with Crippen molar-refractivity contribution in [2.75, 3.05) is 11.9 Å². The van der Waals surface area contributed by atoms with Crippen LogP contribution in [0.3, 0.4) is 0 Å². The lowest BCUT2D eigenvalue weighted by molar-refractivity contribution is 0.0682. The van der Waals surface area contributed by atoms with E-state index in [1.807, 2.05) is 54.7 Å². The van der Waals surface area contributed by atoms with Gasteiger partial charge < -0.3 is 10.2 Å². The molecule has 0 aliphatic carbocycles. The molecule has 1 aliphatic heterocycles. The summed E-state index contributed by atoms with van der Waals surface area (Å²) in [5.41, 5.74) is 4.78. The molecule has 0 fully saturated rings. The predicted molar refractivity (Wildman–Crippen MR) is 86.8 cm³/mol. The summed E-state index contributed by atoms with van der Waals surface area (Å²) in [5.74, 6) is 0.0869. The topological polar surface area (TPSA) is 50.2 Å². The summed E-state index contributed by atoms with van der Waals surface area (Å²) in [6.45, 7) is 6.86. The Morgan fingerprint density at radius 1 is 1.27 bits per heavy atom. The molecule has 1 aliphatic rings. The van der Waals surface area contributed by atoms with Gasteiger partial charge >= 0.3 is 0 Å². The molecule has 0 unspecified atom stereocenters. The van der Waals surface area contributed by atoms with E-state index >= 15 is 0 Å². The fraction of sp³-hybridized carbons (Fsp3) is 0.412. The normalized spacial score (nSPS) is 17.4. The van der Waals surface area contributed by atoms with Gasteiger partial charge in [-0.15, -0.1) is 0 Å². The first-order valence-corrected chi connectivity index (χ1v) is 7.71. The number of anilines is 1. The molecular weight excluding hydrogens is 276 g/mol. The Hall–Kier alpha value is -2.30. The Balaban J connectivity index is 2.11. The van der Waals surface area contributed by atoms with Crippen molar-refractivity contribution >= 4 is 11.6 Å². The highest BCUT2D eigenvalue weighted by atomic mass is 16.2. The van der Waals surface area contributed by atoms with Crippen LogP contribution in [-0.4, -0.2) is 27.1 Å². The van der Waals surface area contributed by atoms with Gasteiger partial charge in [0.15, 0.2) is 0 Å². The number of carbonyl (C=O) groups is 1. The van der Waals surface area contributed by atoms with Crippen LogP contribution >= 0.6 is 0 Å². The van der Waals surface area contributed by atoms with Crippen LogP contribution in [0.4, 0.5) is 5.69 Å². The summed E-state index contributed by atoms with van der Waals surface area (Å²) < 4.78 is 1.88. The van der Waals surface area contributed by atoms with E-state index in [9.17, 15) is 4.79 Å². The summed E-state index contributed by atoms with van der Waals surface area (Å²) >= 11 is 0. The van der Waals surface area contributed by atoms with Gasteiger partial charge in [0.05, 0.1) is 11.3 Å². The Morgan fingerprint density at radius 3 is 2.64 bits per heavy atom. The minimum atomic E-state index is -0.156. The van der Waals surface area contributed by atoms with Gasteiger partial charge in [-0.25, -0.2) is 0 Å². The van der Waals surface area contributed by atoms with Crippen molar-refractivity contribution < 1.29 is 4.79 Å².